The Kier molecular flexibility index (Phi) is 6.76. The predicted octanol–water partition coefficient (Wildman–Crippen LogP) is 0.403. The minimum absolute atomic E-state index is 0.0570. The molecule has 8 heteroatoms. The molecule has 1 saturated heterocycles. The lowest BCUT2D eigenvalue weighted by Gasteiger charge is -2.29. The molecule has 7 nitrogen and oxygen atoms in total. The Morgan fingerprint density at radius 2 is 1.93 bits per heavy atom. The average Bonchev–Trinajstić information content (AvgIpc) is 3.12. The number of methoxy groups -OCH3 is 1. The SMILES string of the molecule is COC1CCC(NC(=O)C2NNCC2NC(=O)Cc2ccccc2F)CC1. The molecular formula is C19H27FN4O3. The zero-order valence-corrected chi connectivity index (χ0v) is 15.5. The molecule has 0 bridgehead atoms. The van der Waals surface area contributed by atoms with Gasteiger partial charge >= 0.3 is 0 Å². The smallest absolute Gasteiger partial charge is 0.240 e. The summed E-state index contributed by atoms with van der Waals surface area (Å²) in [6, 6.07) is 5.37. The summed E-state index contributed by atoms with van der Waals surface area (Å²) in [6.45, 7) is 0.428. The van der Waals surface area contributed by atoms with Crippen molar-refractivity contribution in [2.45, 2.75) is 56.3 Å². The van der Waals surface area contributed by atoms with Crippen LogP contribution in [0.4, 0.5) is 4.39 Å². The highest BCUT2D eigenvalue weighted by atomic mass is 19.1. The summed E-state index contributed by atoms with van der Waals surface area (Å²) in [5.41, 5.74) is 6.18. The standard InChI is InChI=1S/C19H27FN4O3/c1-27-14-8-6-13(7-9-14)22-19(26)18-16(11-21-24-18)23-17(25)10-12-4-2-3-5-15(12)20/h2-5,13-14,16,18,21,24H,6-11H2,1H3,(H,22,26)(H,23,25). The molecule has 1 heterocycles. The van der Waals surface area contributed by atoms with Crippen molar-refractivity contribution in [1.29, 1.82) is 0 Å². The van der Waals surface area contributed by atoms with E-state index >= 15 is 0 Å². The second kappa shape index (κ2) is 9.25. The van der Waals surface area contributed by atoms with Crippen molar-refractivity contribution in [2.75, 3.05) is 13.7 Å². The van der Waals surface area contributed by atoms with Crippen molar-refractivity contribution < 1.29 is 18.7 Å². The first-order valence-electron chi connectivity index (χ1n) is 9.41. The van der Waals surface area contributed by atoms with Crippen molar-refractivity contribution in [1.82, 2.24) is 21.5 Å². The predicted molar refractivity (Wildman–Crippen MR) is 98.2 cm³/mol. The van der Waals surface area contributed by atoms with Gasteiger partial charge in [-0.3, -0.25) is 15.0 Å². The third-order valence-electron chi connectivity index (χ3n) is 5.27. The van der Waals surface area contributed by atoms with E-state index in [-0.39, 0.29) is 36.4 Å². The molecular weight excluding hydrogens is 351 g/mol. The summed E-state index contributed by atoms with van der Waals surface area (Å²) in [6.07, 6.45) is 3.85. The molecule has 4 N–H and O–H groups in total. The number of hydrogen-bond acceptors (Lipinski definition) is 5. The number of amides is 2. The van der Waals surface area contributed by atoms with Crippen molar-refractivity contribution in [2.24, 2.45) is 0 Å². The fourth-order valence-corrected chi connectivity index (χ4v) is 3.69. The van der Waals surface area contributed by atoms with Gasteiger partial charge in [-0.15, -0.1) is 0 Å². The van der Waals surface area contributed by atoms with Crippen LogP contribution in [-0.2, 0) is 20.7 Å². The summed E-state index contributed by atoms with van der Waals surface area (Å²) >= 11 is 0. The number of carbonyl (C=O) groups is 2. The first kappa shape index (κ1) is 19.7. The van der Waals surface area contributed by atoms with E-state index < -0.39 is 11.9 Å². The monoisotopic (exact) mass is 378 g/mol. The number of halogens is 1. The molecule has 1 saturated carbocycles. The summed E-state index contributed by atoms with van der Waals surface area (Å²) in [7, 11) is 1.71. The number of hydrogen-bond donors (Lipinski definition) is 4. The van der Waals surface area contributed by atoms with E-state index in [1.54, 1.807) is 25.3 Å². The lowest BCUT2D eigenvalue weighted by molar-refractivity contribution is -0.125. The lowest BCUT2D eigenvalue weighted by Crippen LogP contribution is -2.55. The van der Waals surface area contributed by atoms with Crippen molar-refractivity contribution in [3.05, 3.63) is 35.6 Å². The zero-order valence-electron chi connectivity index (χ0n) is 15.5. The van der Waals surface area contributed by atoms with Crippen molar-refractivity contribution in [3.63, 3.8) is 0 Å². The Labute approximate surface area is 158 Å². The highest BCUT2D eigenvalue weighted by molar-refractivity contribution is 5.85. The molecule has 0 spiro atoms. The zero-order chi connectivity index (χ0) is 19.2. The Balaban J connectivity index is 1.50. The third kappa shape index (κ3) is 5.24. The lowest BCUT2D eigenvalue weighted by atomic mass is 9.92. The van der Waals surface area contributed by atoms with Gasteiger partial charge in [0, 0.05) is 19.7 Å². The van der Waals surface area contributed by atoms with Crippen LogP contribution < -0.4 is 21.5 Å². The molecule has 1 aliphatic heterocycles. The van der Waals surface area contributed by atoms with Crippen molar-refractivity contribution >= 4 is 11.8 Å². The van der Waals surface area contributed by atoms with Crippen LogP contribution in [0.25, 0.3) is 0 Å². The molecule has 148 valence electrons. The average molecular weight is 378 g/mol. The van der Waals surface area contributed by atoms with E-state index in [0.29, 0.717) is 12.1 Å². The molecule has 0 radical (unpaired) electrons. The molecule has 1 aromatic carbocycles. The van der Waals surface area contributed by atoms with Crippen LogP contribution in [0.1, 0.15) is 31.2 Å². The minimum Gasteiger partial charge on any atom is -0.381 e. The Hall–Kier alpha value is -2.03. The number of ether oxygens (including phenoxy) is 1. The summed E-state index contributed by atoms with van der Waals surface area (Å²) in [4.78, 5) is 24.9. The molecule has 1 aliphatic carbocycles. The molecule has 2 unspecified atom stereocenters. The van der Waals surface area contributed by atoms with Gasteiger partial charge in [0.1, 0.15) is 11.9 Å². The third-order valence-corrected chi connectivity index (χ3v) is 5.27. The Morgan fingerprint density at radius 3 is 2.63 bits per heavy atom. The topological polar surface area (TPSA) is 91.5 Å². The highest BCUT2D eigenvalue weighted by Gasteiger charge is 2.35. The highest BCUT2D eigenvalue weighted by Crippen LogP contribution is 2.20. The second-order valence-electron chi connectivity index (χ2n) is 7.16. The van der Waals surface area contributed by atoms with Gasteiger partial charge in [-0.2, -0.15) is 0 Å². The molecule has 27 heavy (non-hydrogen) atoms. The van der Waals surface area contributed by atoms with E-state index in [0.717, 1.165) is 25.7 Å². The van der Waals surface area contributed by atoms with Crippen LogP contribution in [0.15, 0.2) is 24.3 Å². The van der Waals surface area contributed by atoms with Gasteiger partial charge in [0.25, 0.3) is 0 Å². The van der Waals surface area contributed by atoms with E-state index in [2.05, 4.69) is 21.5 Å². The van der Waals surface area contributed by atoms with Gasteiger partial charge in [-0.1, -0.05) is 18.2 Å². The largest absolute Gasteiger partial charge is 0.381 e. The van der Waals surface area contributed by atoms with Crippen LogP contribution in [0.3, 0.4) is 0 Å². The van der Waals surface area contributed by atoms with E-state index in [4.69, 9.17) is 4.74 Å². The fourth-order valence-electron chi connectivity index (χ4n) is 3.69. The summed E-state index contributed by atoms with van der Waals surface area (Å²) in [5.74, 6) is -0.859. The molecule has 0 aromatic heterocycles. The van der Waals surface area contributed by atoms with Gasteiger partial charge < -0.3 is 15.4 Å². The Morgan fingerprint density at radius 1 is 1.19 bits per heavy atom. The first-order valence-corrected chi connectivity index (χ1v) is 9.41. The van der Waals surface area contributed by atoms with Gasteiger partial charge in [0.05, 0.1) is 18.6 Å². The molecule has 3 rings (SSSR count). The molecule has 2 atom stereocenters. The van der Waals surface area contributed by atoms with Gasteiger partial charge in [0.2, 0.25) is 11.8 Å². The van der Waals surface area contributed by atoms with Crippen LogP contribution in [0.5, 0.6) is 0 Å². The van der Waals surface area contributed by atoms with Gasteiger partial charge in [0.15, 0.2) is 0 Å². The molecule has 2 aliphatic rings. The number of carbonyl (C=O) groups excluding carboxylic acids is 2. The maximum absolute atomic E-state index is 13.7. The van der Waals surface area contributed by atoms with Gasteiger partial charge in [-0.05, 0) is 37.3 Å². The summed E-state index contributed by atoms with van der Waals surface area (Å²) < 4.78 is 19.1. The van der Waals surface area contributed by atoms with Crippen LogP contribution >= 0.6 is 0 Å². The van der Waals surface area contributed by atoms with E-state index in [1.165, 1.54) is 6.07 Å². The minimum atomic E-state index is -0.560. The van der Waals surface area contributed by atoms with Crippen LogP contribution in [-0.4, -0.2) is 49.7 Å². The van der Waals surface area contributed by atoms with E-state index in [9.17, 15) is 14.0 Å². The fraction of sp³-hybridized carbons (Fsp3) is 0.579. The number of rotatable bonds is 6. The number of benzene rings is 1. The normalized spacial score (nSPS) is 27.9. The van der Waals surface area contributed by atoms with Crippen LogP contribution in [0, 0.1) is 5.82 Å². The van der Waals surface area contributed by atoms with Gasteiger partial charge in [-0.25, -0.2) is 9.82 Å². The molecule has 2 fully saturated rings. The van der Waals surface area contributed by atoms with Crippen LogP contribution in [0.2, 0.25) is 0 Å². The number of hydrazine groups is 1. The summed E-state index contributed by atoms with van der Waals surface area (Å²) in [5, 5.41) is 5.89. The maximum Gasteiger partial charge on any atom is 0.240 e. The second-order valence-corrected chi connectivity index (χ2v) is 7.16. The van der Waals surface area contributed by atoms with E-state index in [1.807, 2.05) is 0 Å². The maximum atomic E-state index is 13.7. The quantitative estimate of drug-likeness (QED) is 0.575. The number of nitrogens with one attached hydrogen (secondary N) is 4. The first-order chi connectivity index (χ1) is 13.1. The van der Waals surface area contributed by atoms with Crippen molar-refractivity contribution in [3.8, 4) is 0 Å². The molecule has 1 aromatic rings. The Bertz CT molecular complexity index is 664. The molecule has 2 amide bonds.